The molecule has 7 heteroatoms. The van der Waals surface area contributed by atoms with Crippen LogP contribution >= 0.6 is 0 Å². The molecule has 1 aromatic carbocycles. The van der Waals surface area contributed by atoms with E-state index in [0.717, 1.165) is 84.2 Å². The standard InChI is InChI=1S/C24H37N3O3S/c28-31(29,25-23-4-1-5-23)26-24-20-8-9-21(24)17-22-15-18(6-7-19(22)16-20)3-2-10-27-11-13-30-14-12-27/h6-7,15,20-21,23-26H,1-5,8-14,16-17H2/t20-,21+,24+/m0/s1. The summed E-state index contributed by atoms with van der Waals surface area (Å²) >= 11 is 0. The van der Waals surface area contributed by atoms with Gasteiger partial charge >= 0.3 is 0 Å². The zero-order chi connectivity index (χ0) is 21.3. The van der Waals surface area contributed by atoms with Crippen LogP contribution in [0.25, 0.3) is 0 Å². The normalized spacial score (nSPS) is 29.4. The molecular formula is C24H37N3O3S. The van der Waals surface area contributed by atoms with Crippen LogP contribution in [0, 0.1) is 11.8 Å². The predicted octanol–water partition coefficient (Wildman–Crippen LogP) is 2.42. The van der Waals surface area contributed by atoms with Gasteiger partial charge in [-0.1, -0.05) is 24.6 Å². The van der Waals surface area contributed by atoms with E-state index in [9.17, 15) is 8.42 Å². The molecule has 3 atom stereocenters. The molecule has 1 heterocycles. The summed E-state index contributed by atoms with van der Waals surface area (Å²) in [5, 5.41) is 0. The van der Waals surface area contributed by atoms with E-state index in [1.54, 1.807) is 0 Å². The molecule has 3 fully saturated rings. The molecule has 1 aromatic rings. The first-order chi connectivity index (χ1) is 15.1. The SMILES string of the molecule is O=S(=O)(NC1CCC1)N[C@H]1[C@@H]2CC[C@H]1Cc1ccc(CCCN3CCOCC3)cc1C2. The molecule has 4 aliphatic rings. The van der Waals surface area contributed by atoms with Crippen molar-refractivity contribution in [3.63, 3.8) is 0 Å². The van der Waals surface area contributed by atoms with Crippen LogP contribution in [-0.2, 0) is 34.2 Å². The molecule has 3 aliphatic carbocycles. The Kier molecular flexibility index (Phi) is 6.67. The Bertz CT molecular complexity index is 865. The van der Waals surface area contributed by atoms with E-state index in [4.69, 9.17) is 4.74 Å². The molecule has 31 heavy (non-hydrogen) atoms. The van der Waals surface area contributed by atoms with Crippen LogP contribution < -0.4 is 9.44 Å². The van der Waals surface area contributed by atoms with Crippen molar-refractivity contribution in [1.82, 2.24) is 14.3 Å². The van der Waals surface area contributed by atoms with Crippen molar-refractivity contribution in [3.8, 4) is 0 Å². The maximum atomic E-state index is 12.7. The van der Waals surface area contributed by atoms with Crippen molar-refractivity contribution in [2.45, 2.75) is 69.9 Å². The summed E-state index contributed by atoms with van der Waals surface area (Å²) in [6.07, 6.45) is 9.61. The summed E-state index contributed by atoms with van der Waals surface area (Å²) in [7, 11) is -3.42. The van der Waals surface area contributed by atoms with E-state index in [-0.39, 0.29) is 12.1 Å². The third kappa shape index (κ3) is 5.33. The van der Waals surface area contributed by atoms with Gasteiger partial charge < -0.3 is 4.74 Å². The van der Waals surface area contributed by atoms with Crippen molar-refractivity contribution in [3.05, 3.63) is 34.9 Å². The molecule has 6 nitrogen and oxygen atoms in total. The lowest BCUT2D eigenvalue weighted by Crippen LogP contribution is -2.51. The fourth-order valence-electron chi connectivity index (χ4n) is 5.90. The summed E-state index contributed by atoms with van der Waals surface area (Å²) in [5.41, 5.74) is 4.31. The molecule has 0 unspecified atom stereocenters. The molecule has 2 N–H and O–H groups in total. The second kappa shape index (κ2) is 9.48. The van der Waals surface area contributed by atoms with Gasteiger partial charge in [0, 0.05) is 25.2 Å². The third-order valence-electron chi connectivity index (χ3n) is 7.92. The number of rotatable bonds is 8. The number of nitrogens with zero attached hydrogens (tertiary/aromatic N) is 1. The number of hydrogen-bond acceptors (Lipinski definition) is 4. The number of nitrogens with one attached hydrogen (secondary N) is 2. The Morgan fingerprint density at radius 3 is 2.42 bits per heavy atom. The average Bonchev–Trinajstić information content (AvgIpc) is 2.99. The second-order valence-corrected chi connectivity index (χ2v) is 11.5. The molecule has 172 valence electrons. The van der Waals surface area contributed by atoms with Gasteiger partial charge in [-0.15, -0.1) is 0 Å². The number of fused-ring (bicyclic) bond motifs is 3. The van der Waals surface area contributed by atoms with Crippen LogP contribution in [0.15, 0.2) is 18.2 Å². The van der Waals surface area contributed by atoms with E-state index >= 15 is 0 Å². The second-order valence-electron chi connectivity index (χ2n) is 10.1. The van der Waals surface area contributed by atoms with E-state index in [1.807, 2.05) is 0 Å². The number of hydrogen-bond donors (Lipinski definition) is 2. The molecule has 2 saturated carbocycles. The highest BCUT2D eigenvalue weighted by Gasteiger charge is 2.41. The summed E-state index contributed by atoms with van der Waals surface area (Å²) in [6.45, 7) is 4.98. The van der Waals surface area contributed by atoms with Crippen molar-refractivity contribution < 1.29 is 13.2 Å². The zero-order valence-corrected chi connectivity index (χ0v) is 19.3. The van der Waals surface area contributed by atoms with Crippen LogP contribution in [0.3, 0.4) is 0 Å². The van der Waals surface area contributed by atoms with Crippen LogP contribution in [0.2, 0.25) is 0 Å². The van der Waals surface area contributed by atoms with Gasteiger partial charge in [-0.3, -0.25) is 4.90 Å². The number of morpholine rings is 1. The zero-order valence-electron chi connectivity index (χ0n) is 18.5. The molecule has 2 bridgehead atoms. The molecule has 0 spiro atoms. The van der Waals surface area contributed by atoms with Crippen molar-refractivity contribution >= 4 is 10.2 Å². The van der Waals surface area contributed by atoms with Gasteiger partial charge in [0.1, 0.15) is 0 Å². The van der Waals surface area contributed by atoms with E-state index < -0.39 is 10.2 Å². The van der Waals surface area contributed by atoms with Gasteiger partial charge in [0.2, 0.25) is 0 Å². The van der Waals surface area contributed by atoms with Gasteiger partial charge in [0.15, 0.2) is 0 Å². The van der Waals surface area contributed by atoms with Crippen LogP contribution in [0.4, 0.5) is 0 Å². The van der Waals surface area contributed by atoms with Crippen molar-refractivity contribution in [2.75, 3.05) is 32.8 Å². The average molecular weight is 448 g/mol. The van der Waals surface area contributed by atoms with E-state index in [1.165, 1.54) is 23.1 Å². The summed E-state index contributed by atoms with van der Waals surface area (Å²) < 4.78 is 36.7. The first-order valence-corrected chi connectivity index (χ1v) is 13.7. The number of ether oxygens (including phenoxy) is 1. The van der Waals surface area contributed by atoms with Crippen LogP contribution in [0.5, 0.6) is 0 Å². The summed E-state index contributed by atoms with van der Waals surface area (Å²) in [4.78, 5) is 2.50. The van der Waals surface area contributed by atoms with Crippen LogP contribution in [-0.4, -0.2) is 58.2 Å². The molecule has 1 saturated heterocycles. The third-order valence-corrected chi connectivity index (χ3v) is 9.15. The van der Waals surface area contributed by atoms with Gasteiger partial charge in [0.05, 0.1) is 13.2 Å². The Morgan fingerprint density at radius 1 is 0.968 bits per heavy atom. The highest BCUT2D eigenvalue weighted by atomic mass is 32.2. The van der Waals surface area contributed by atoms with Crippen LogP contribution in [0.1, 0.15) is 55.2 Å². The monoisotopic (exact) mass is 447 g/mol. The fraction of sp³-hybridized carbons (Fsp3) is 0.750. The molecule has 1 aliphatic heterocycles. The largest absolute Gasteiger partial charge is 0.379 e. The predicted molar refractivity (Wildman–Crippen MR) is 122 cm³/mol. The fourth-order valence-corrected chi connectivity index (χ4v) is 7.39. The number of benzene rings is 1. The van der Waals surface area contributed by atoms with Crippen molar-refractivity contribution in [2.24, 2.45) is 11.8 Å². The summed E-state index contributed by atoms with van der Waals surface area (Å²) in [6, 6.07) is 7.23. The lowest BCUT2D eigenvalue weighted by molar-refractivity contribution is 0.0374. The van der Waals surface area contributed by atoms with E-state index in [2.05, 4.69) is 32.5 Å². The lowest BCUT2D eigenvalue weighted by atomic mass is 9.91. The molecule has 0 aromatic heterocycles. The smallest absolute Gasteiger partial charge is 0.277 e. The lowest BCUT2D eigenvalue weighted by Gasteiger charge is -2.29. The molecule has 0 amide bonds. The molecule has 0 radical (unpaired) electrons. The highest BCUT2D eigenvalue weighted by Crippen LogP contribution is 2.40. The Morgan fingerprint density at radius 2 is 1.71 bits per heavy atom. The molecule has 5 rings (SSSR count). The quantitative estimate of drug-likeness (QED) is 0.642. The van der Waals surface area contributed by atoms with Crippen molar-refractivity contribution in [1.29, 1.82) is 0 Å². The Balaban J connectivity index is 1.20. The minimum absolute atomic E-state index is 0.0646. The summed E-state index contributed by atoms with van der Waals surface area (Å²) in [5.74, 6) is 0.823. The Hall–Kier alpha value is -0.990. The maximum absolute atomic E-state index is 12.7. The van der Waals surface area contributed by atoms with Gasteiger partial charge in [0.25, 0.3) is 10.2 Å². The van der Waals surface area contributed by atoms with E-state index in [0.29, 0.717) is 11.8 Å². The maximum Gasteiger partial charge on any atom is 0.277 e. The first kappa shape index (κ1) is 21.8. The minimum atomic E-state index is -3.42. The topological polar surface area (TPSA) is 70.7 Å². The minimum Gasteiger partial charge on any atom is -0.379 e. The number of aryl methyl sites for hydroxylation is 1. The van der Waals surface area contributed by atoms with Gasteiger partial charge in [-0.25, -0.2) is 0 Å². The van der Waals surface area contributed by atoms with Gasteiger partial charge in [-0.2, -0.15) is 17.9 Å². The highest BCUT2D eigenvalue weighted by molar-refractivity contribution is 7.87. The first-order valence-electron chi connectivity index (χ1n) is 12.3. The van der Waals surface area contributed by atoms with Gasteiger partial charge in [-0.05, 0) is 86.4 Å². The molecular weight excluding hydrogens is 410 g/mol. The Labute approximate surface area is 187 Å².